The van der Waals surface area contributed by atoms with Crippen molar-refractivity contribution in [3.8, 4) is 5.75 Å². The van der Waals surface area contributed by atoms with E-state index in [9.17, 15) is 18.0 Å². The van der Waals surface area contributed by atoms with E-state index in [0.29, 0.717) is 24.4 Å². The number of likely N-dealkylation sites (N-methyl/N-ethyl adjacent to an activating group) is 1. The third-order valence-corrected chi connectivity index (χ3v) is 6.37. The third kappa shape index (κ3) is 7.21. The maximum absolute atomic E-state index is 13.5. The first-order chi connectivity index (χ1) is 15.6. The van der Waals surface area contributed by atoms with E-state index in [0.717, 1.165) is 21.7 Å². The van der Waals surface area contributed by atoms with E-state index in [4.69, 9.17) is 4.74 Å². The number of nitrogens with zero attached hydrogens (tertiary/aromatic N) is 2. The van der Waals surface area contributed by atoms with Crippen molar-refractivity contribution in [1.29, 1.82) is 0 Å². The largest absolute Gasteiger partial charge is 0.497 e. The van der Waals surface area contributed by atoms with E-state index in [1.165, 1.54) is 12.0 Å². The average molecular weight is 476 g/mol. The molecule has 33 heavy (non-hydrogen) atoms. The molecule has 0 fully saturated rings. The van der Waals surface area contributed by atoms with Crippen molar-refractivity contribution in [1.82, 2.24) is 10.2 Å². The number of methoxy groups -OCH3 is 1. The molecular formula is C24H33N3O5S. The first-order valence-electron chi connectivity index (χ1n) is 10.8. The Kier molecular flexibility index (Phi) is 9.28. The molecule has 1 N–H and O–H groups in total. The van der Waals surface area contributed by atoms with Gasteiger partial charge >= 0.3 is 0 Å². The Labute approximate surface area is 196 Å². The highest BCUT2D eigenvalue weighted by atomic mass is 32.2. The minimum Gasteiger partial charge on any atom is -0.497 e. The number of nitrogens with one attached hydrogen (secondary N) is 1. The maximum atomic E-state index is 13.5. The summed E-state index contributed by atoms with van der Waals surface area (Å²) in [6, 6.07) is 13.4. The first-order valence-corrected chi connectivity index (χ1v) is 12.7. The average Bonchev–Trinajstić information content (AvgIpc) is 2.78. The molecule has 0 bridgehead atoms. The van der Waals surface area contributed by atoms with Crippen LogP contribution in [-0.4, -0.2) is 57.6 Å². The van der Waals surface area contributed by atoms with Gasteiger partial charge in [0, 0.05) is 19.2 Å². The number of rotatable bonds is 11. The Bertz CT molecular complexity index is 1050. The normalized spacial score (nSPS) is 12.0. The number of aryl methyl sites for hydroxylation is 1. The molecule has 0 aliphatic rings. The summed E-state index contributed by atoms with van der Waals surface area (Å²) in [4.78, 5) is 27.7. The number of sulfonamides is 1. The predicted molar refractivity (Wildman–Crippen MR) is 130 cm³/mol. The Morgan fingerprint density at radius 2 is 1.76 bits per heavy atom. The van der Waals surface area contributed by atoms with Gasteiger partial charge in [-0.15, -0.1) is 0 Å². The van der Waals surface area contributed by atoms with Crippen LogP contribution in [-0.2, 0) is 26.2 Å². The van der Waals surface area contributed by atoms with Crippen LogP contribution < -0.4 is 14.4 Å². The zero-order valence-electron chi connectivity index (χ0n) is 19.9. The van der Waals surface area contributed by atoms with Crippen molar-refractivity contribution in [2.24, 2.45) is 0 Å². The van der Waals surface area contributed by atoms with Gasteiger partial charge in [0.15, 0.2) is 0 Å². The molecule has 8 nitrogen and oxygen atoms in total. The van der Waals surface area contributed by atoms with Gasteiger partial charge in [0.1, 0.15) is 18.3 Å². The molecule has 0 unspecified atom stereocenters. The second-order valence-corrected chi connectivity index (χ2v) is 9.70. The minimum atomic E-state index is -3.78. The lowest BCUT2D eigenvalue weighted by Crippen LogP contribution is -2.52. The molecule has 2 aromatic carbocycles. The van der Waals surface area contributed by atoms with Crippen LogP contribution in [0.3, 0.4) is 0 Å². The molecule has 1 atom stereocenters. The topological polar surface area (TPSA) is 96.0 Å². The highest BCUT2D eigenvalue weighted by Crippen LogP contribution is 2.24. The lowest BCUT2D eigenvalue weighted by molar-refractivity contribution is -0.140. The number of anilines is 1. The van der Waals surface area contributed by atoms with Gasteiger partial charge in [-0.25, -0.2) is 8.42 Å². The first kappa shape index (κ1) is 26.2. The van der Waals surface area contributed by atoms with E-state index >= 15 is 0 Å². The Morgan fingerprint density at radius 3 is 2.30 bits per heavy atom. The van der Waals surface area contributed by atoms with Crippen LogP contribution in [0.5, 0.6) is 5.75 Å². The predicted octanol–water partition coefficient (Wildman–Crippen LogP) is 2.71. The fourth-order valence-corrected chi connectivity index (χ4v) is 4.32. The number of carbonyl (C=O) groups is 2. The van der Waals surface area contributed by atoms with Gasteiger partial charge in [0.25, 0.3) is 0 Å². The summed E-state index contributed by atoms with van der Waals surface area (Å²) in [5, 5.41) is 2.78. The van der Waals surface area contributed by atoms with Crippen molar-refractivity contribution in [3.05, 3.63) is 59.7 Å². The standard InChI is InChI=1S/C24H33N3O5S/c1-6-22(24(29)25-7-2)26(16-19-13-11-18(3)12-14-19)23(28)17-27(33(5,30)31)20-9-8-10-21(15-20)32-4/h8-15,22H,6-7,16-17H2,1-5H3,(H,25,29)/t22-/m0/s1. The highest BCUT2D eigenvalue weighted by molar-refractivity contribution is 7.92. The van der Waals surface area contributed by atoms with Crippen molar-refractivity contribution >= 4 is 27.5 Å². The van der Waals surface area contributed by atoms with Gasteiger partial charge in [-0.05, 0) is 38.0 Å². The van der Waals surface area contributed by atoms with Crippen molar-refractivity contribution in [2.75, 3.05) is 30.8 Å². The summed E-state index contributed by atoms with van der Waals surface area (Å²) < 4.78 is 31.4. The molecule has 0 aliphatic heterocycles. The number of carbonyl (C=O) groups excluding carboxylic acids is 2. The van der Waals surface area contributed by atoms with Crippen molar-refractivity contribution in [3.63, 3.8) is 0 Å². The van der Waals surface area contributed by atoms with Gasteiger partial charge in [-0.3, -0.25) is 13.9 Å². The summed E-state index contributed by atoms with van der Waals surface area (Å²) in [5.74, 6) is -0.270. The molecule has 0 radical (unpaired) electrons. The van der Waals surface area contributed by atoms with Crippen LogP contribution >= 0.6 is 0 Å². The second-order valence-electron chi connectivity index (χ2n) is 7.80. The monoisotopic (exact) mass is 475 g/mol. The fourth-order valence-electron chi connectivity index (χ4n) is 3.48. The molecular weight excluding hydrogens is 442 g/mol. The van der Waals surface area contributed by atoms with Gasteiger partial charge < -0.3 is 15.0 Å². The SMILES string of the molecule is CCNC(=O)[C@H](CC)N(Cc1ccc(C)cc1)C(=O)CN(c1cccc(OC)c1)S(C)(=O)=O. The lowest BCUT2D eigenvalue weighted by atomic mass is 10.1. The van der Waals surface area contributed by atoms with Gasteiger partial charge in [-0.1, -0.05) is 42.8 Å². The van der Waals surface area contributed by atoms with Crippen molar-refractivity contribution < 1.29 is 22.7 Å². The molecule has 0 saturated heterocycles. The molecule has 0 heterocycles. The van der Waals surface area contributed by atoms with Gasteiger partial charge in [0.05, 0.1) is 19.1 Å². The molecule has 2 rings (SSSR count). The van der Waals surface area contributed by atoms with E-state index in [-0.39, 0.29) is 12.5 Å². The molecule has 2 amide bonds. The molecule has 0 aliphatic carbocycles. The zero-order chi connectivity index (χ0) is 24.6. The van der Waals surface area contributed by atoms with Crippen molar-refractivity contribution in [2.45, 2.75) is 39.8 Å². The van der Waals surface area contributed by atoms with E-state index in [1.807, 2.05) is 45.0 Å². The van der Waals surface area contributed by atoms with E-state index < -0.39 is 28.5 Å². The van der Waals surface area contributed by atoms with Crippen LogP contribution in [0.15, 0.2) is 48.5 Å². The molecule has 0 spiro atoms. The summed E-state index contributed by atoms with van der Waals surface area (Å²) in [6.07, 6.45) is 1.44. The van der Waals surface area contributed by atoms with Gasteiger partial charge in [-0.2, -0.15) is 0 Å². The zero-order valence-corrected chi connectivity index (χ0v) is 20.7. The number of benzene rings is 2. The van der Waals surface area contributed by atoms with Crippen LogP contribution in [0.4, 0.5) is 5.69 Å². The van der Waals surface area contributed by atoms with Crippen LogP contribution in [0.2, 0.25) is 0 Å². The smallest absolute Gasteiger partial charge is 0.244 e. The minimum absolute atomic E-state index is 0.185. The summed E-state index contributed by atoms with van der Waals surface area (Å²) in [6.45, 7) is 5.78. The number of amides is 2. The molecule has 2 aromatic rings. The van der Waals surface area contributed by atoms with Crippen LogP contribution in [0.1, 0.15) is 31.4 Å². The van der Waals surface area contributed by atoms with E-state index in [2.05, 4.69) is 5.32 Å². The van der Waals surface area contributed by atoms with E-state index in [1.54, 1.807) is 24.3 Å². The Hall–Kier alpha value is -3.07. The summed E-state index contributed by atoms with van der Waals surface area (Å²) >= 11 is 0. The number of hydrogen-bond acceptors (Lipinski definition) is 5. The maximum Gasteiger partial charge on any atom is 0.244 e. The molecule has 180 valence electrons. The lowest BCUT2D eigenvalue weighted by Gasteiger charge is -2.32. The summed E-state index contributed by atoms with van der Waals surface area (Å²) in [7, 11) is -2.30. The third-order valence-electron chi connectivity index (χ3n) is 5.23. The molecule has 9 heteroatoms. The highest BCUT2D eigenvalue weighted by Gasteiger charge is 2.31. The van der Waals surface area contributed by atoms with Crippen LogP contribution in [0.25, 0.3) is 0 Å². The second kappa shape index (κ2) is 11.7. The summed E-state index contributed by atoms with van der Waals surface area (Å²) in [5.41, 5.74) is 2.24. The fraction of sp³-hybridized carbons (Fsp3) is 0.417. The quantitative estimate of drug-likeness (QED) is 0.539. The Morgan fingerprint density at radius 1 is 1.09 bits per heavy atom. The Balaban J connectivity index is 2.43. The molecule has 0 aromatic heterocycles. The molecule has 0 saturated carbocycles. The van der Waals surface area contributed by atoms with Crippen LogP contribution in [0, 0.1) is 6.92 Å². The number of hydrogen-bond donors (Lipinski definition) is 1. The van der Waals surface area contributed by atoms with Gasteiger partial charge in [0.2, 0.25) is 21.8 Å². The number of ether oxygens (including phenoxy) is 1.